The average Bonchev–Trinajstić information content (AvgIpc) is 2.33. The highest BCUT2D eigenvalue weighted by molar-refractivity contribution is 5.67. The summed E-state index contributed by atoms with van der Waals surface area (Å²) in [7, 11) is 0. The Morgan fingerprint density at radius 2 is 2.06 bits per heavy atom. The Bertz CT molecular complexity index is 511. The van der Waals surface area contributed by atoms with Gasteiger partial charge in [0.05, 0.1) is 6.61 Å². The van der Waals surface area contributed by atoms with Crippen LogP contribution in [0.2, 0.25) is 0 Å². The molecule has 3 heteroatoms. The molecular formula is C13H12FNO. The number of hydrogen-bond acceptors (Lipinski definition) is 2. The Balaban J connectivity index is 2.63. The summed E-state index contributed by atoms with van der Waals surface area (Å²) in [6.45, 7) is 1.60. The highest BCUT2D eigenvalue weighted by Gasteiger charge is 2.10. The SMILES string of the molecule is Cc1cccc(-c2cnccc2CO)c1F. The van der Waals surface area contributed by atoms with E-state index in [1.165, 1.54) is 0 Å². The molecule has 0 aliphatic rings. The minimum absolute atomic E-state index is 0.120. The summed E-state index contributed by atoms with van der Waals surface area (Å²) in [5.74, 6) is -0.259. The lowest BCUT2D eigenvalue weighted by atomic mass is 10.00. The van der Waals surface area contributed by atoms with Crippen LogP contribution in [0.15, 0.2) is 36.7 Å². The zero-order valence-electron chi connectivity index (χ0n) is 8.94. The van der Waals surface area contributed by atoms with Crippen LogP contribution in [0.1, 0.15) is 11.1 Å². The number of aryl methyl sites for hydroxylation is 1. The van der Waals surface area contributed by atoms with Crippen LogP contribution in [0.3, 0.4) is 0 Å². The molecule has 0 radical (unpaired) electrons. The number of aromatic nitrogens is 1. The molecule has 0 spiro atoms. The first-order valence-corrected chi connectivity index (χ1v) is 5.03. The molecule has 2 nitrogen and oxygen atoms in total. The largest absolute Gasteiger partial charge is 0.392 e. The smallest absolute Gasteiger partial charge is 0.133 e. The summed E-state index contributed by atoms with van der Waals surface area (Å²) in [6.07, 6.45) is 3.16. The van der Waals surface area contributed by atoms with Gasteiger partial charge in [0.25, 0.3) is 0 Å². The third-order valence-electron chi connectivity index (χ3n) is 2.56. The Morgan fingerprint density at radius 1 is 1.25 bits per heavy atom. The predicted molar refractivity (Wildman–Crippen MR) is 60.3 cm³/mol. The maximum atomic E-state index is 13.9. The Labute approximate surface area is 93.4 Å². The van der Waals surface area contributed by atoms with Crippen LogP contribution in [0.5, 0.6) is 0 Å². The highest BCUT2D eigenvalue weighted by Crippen LogP contribution is 2.27. The molecule has 0 bridgehead atoms. The van der Waals surface area contributed by atoms with Gasteiger partial charge in [-0.05, 0) is 24.1 Å². The Kier molecular flexibility index (Phi) is 2.97. The van der Waals surface area contributed by atoms with Gasteiger partial charge in [0, 0.05) is 23.5 Å². The molecule has 0 aliphatic heterocycles. The van der Waals surface area contributed by atoms with Crippen molar-refractivity contribution in [2.75, 3.05) is 0 Å². The van der Waals surface area contributed by atoms with Crippen molar-refractivity contribution in [3.05, 3.63) is 53.6 Å². The first-order valence-electron chi connectivity index (χ1n) is 5.03. The van der Waals surface area contributed by atoms with Crippen molar-refractivity contribution >= 4 is 0 Å². The number of hydrogen-bond donors (Lipinski definition) is 1. The fraction of sp³-hybridized carbons (Fsp3) is 0.154. The Hall–Kier alpha value is -1.74. The van der Waals surface area contributed by atoms with Crippen molar-refractivity contribution in [1.29, 1.82) is 0 Å². The molecule has 1 N–H and O–H groups in total. The molecule has 1 heterocycles. The number of nitrogens with zero attached hydrogens (tertiary/aromatic N) is 1. The molecule has 0 aliphatic carbocycles. The summed E-state index contributed by atoms with van der Waals surface area (Å²) >= 11 is 0. The molecule has 0 atom stereocenters. The maximum Gasteiger partial charge on any atom is 0.133 e. The summed E-state index contributed by atoms with van der Waals surface area (Å²) in [5, 5.41) is 9.19. The van der Waals surface area contributed by atoms with Gasteiger partial charge in [-0.1, -0.05) is 18.2 Å². The van der Waals surface area contributed by atoms with Gasteiger partial charge in [0.1, 0.15) is 5.82 Å². The topological polar surface area (TPSA) is 33.1 Å². The fourth-order valence-corrected chi connectivity index (χ4v) is 1.66. The second-order valence-corrected chi connectivity index (χ2v) is 3.63. The van der Waals surface area contributed by atoms with Crippen molar-refractivity contribution in [2.24, 2.45) is 0 Å². The van der Waals surface area contributed by atoms with E-state index in [0.29, 0.717) is 22.3 Å². The van der Waals surface area contributed by atoms with Crippen LogP contribution < -0.4 is 0 Å². The number of benzene rings is 1. The van der Waals surface area contributed by atoms with Crippen molar-refractivity contribution < 1.29 is 9.50 Å². The lowest BCUT2D eigenvalue weighted by Crippen LogP contribution is -1.94. The summed E-state index contributed by atoms with van der Waals surface area (Å²) in [6, 6.07) is 6.89. The van der Waals surface area contributed by atoms with Crippen molar-refractivity contribution in [3.63, 3.8) is 0 Å². The molecule has 1 aromatic carbocycles. The third-order valence-corrected chi connectivity index (χ3v) is 2.56. The predicted octanol–water partition coefficient (Wildman–Crippen LogP) is 2.69. The van der Waals surface area contributed by atoms with Crippen molar-refractivity contribution in [2.45, 2.75) is 13.5 Å². The second-order valence-electron chi connectivity index (χ2n) is 3.63. The third kappa shape index (κ3) is 1.82. The van der Waals surface area contributed by atoms with E-state index >= 15 is 0 Å². The highest BCUT2D eigenvalue weighted by atomic mass is 19.1. The van der Waals surface area contributed by atoms with Crippen LogP contribution in [0, 0.1) is 12.7 Å². The average molecular weight is 217 g/mol. The molecule has 82 valence electrons. The van der Waals surface area contributed by atoms with Gasteiger partial charge in [-0.25, -0.2) is 4.39 Å². The van der Waals surface area contributed by atoms with Gasteiger partial charge in [0.2, 0.25) is 0 Å². The minimum atomic E-state index is -0.259. The quantitative estimate of drug-likeness (QED) is 0.839. The van der Waals surface area contributed by atoms with Gasteiger partial charge in [-0.2, -0.15) is 0 Å². The lowest BCUT2D eigenvalue weighted by molar-refractivity contribution is 0.282. The molecule has 0 saturated carbocycles. The molecular weight excluding hydrogens is 205 g/mol. The zero-order valence-corrected chi connectivity index (χ0v) is 8.94. The van der Waals surface area contributed by atoms with Gasteiger partial charge < -0.3 is 5.11 Å². The standard InChI is InChI=1S/C13H12FNO/c1-9-3-2-4-11(13(9)14)12-7-15-6-5-10(12)8-16/h2-7,16H,8H2,1H3. The van der Waals surface area contributed by atoms with E-state index in [1.54, 1.807) is 43.6 Å². The molecule has 0 saturated heterocycles. The molecule has 0 amide bonds. The van der Waals surface area contributed by atoms with Crippen molar-refractivity contribution in [1.82, 2.24) is 4.98 Å². The molecule has 2 aromatic rings. The van der Waals surface area contributed by atoms with Crippen molar-refractivity contribution in [3.8, 4) is 11.1 Å². The number of halogens is 1. The normalized spacial score (nSPS) is 10.4. The van der Waals surface area contributed by atoms with E-state index in [4.69, 9.17) is 0 Å². The minimum Gasteiger partial charge on any atom is -0.392 e. The lowest BCUT2D eigenvalue weighted by Gasteiger charge is -2.09. The van der Waals surface area contributed by atoms with E-state index in [2.05, 4.69) is 4.98 Å². The van der Waals surface area contributed by atoms with E-state index in [9.17, 15) is 9.50 Å². The summed E-state index contributed by atoms with van der Waals surface area (Å²) in [4.78, 5) is 3.96. The number of pyridine rings is 1. The van der Waals surface area contributed by atoms with E-state index in [0.717, 1.165) is 0 Å². The number of aliphatic hydroxyl groups excluding tert-OH is 1. The van der Waals surface area contributed by atoms with Crippen LogP contribution in [-0.4, -0.2) is 10.1 Å². The zero-order chi connectivity index (χ0) is 11.5. The van der Waals surface area contributed by atoms with Crippen LogP contribution in [0.4, 0.5) is 4.39 Å². The fourth-order valence-electron chi connectivity index (χ4n) is 1.66. The van der Waals surface area contributed by atoms with Gasteiger partial charge >= 0.3 is 0 Å². The van der Waals surface area contributed by atoms with E-state index in [1.807, 2.05) is 0 Å². The van der Waals surface area contributed by atoms with E-state index < -0.39 is 0 Å². The first kappa shape index (κ1) is 10.8. The molecule has 2 rings (SSSR count). The summed E-state index contributed by atoms with van der Waals surface area (Å²) in [5.41, 5.74) is 2.40. The molecule has 1 aromatic heterocycles. The molecule has 16 heavy (non-hydrogen) atoms. The van der Waals surface area contributed by atoms with E-state index in [-0.39, 0.29) is 12.4 Å². The maximum absolute atomic E-state index is 13.9. The summed E-state index contributed by atoms with van der Waals surface area (Å²) < 4.78 is 13.9. The monoisotopic (exact) mass is 217 g/mol. The van der Waals surface area contributed by atoms with Crippen LogP contribution >= 0.6 is 0 Å². The first-order chi connectivity index (χ1) is 7.74. The second kappa shape index (κ2) is 4.41. The van der Waals surface area contributed by atoms with Gasteiger partial charge in [0.15, 0.2) is 0 Å². The number of aliphatic hydroxyl groups is 1. The van der Waals surface area contributed by atoms with Crippen LogP contribution in [0.25, 0.3) is 11.1 Å². The molecule has 0 fully saturated rings. The molecule has 0 unspecified atom stereocenters. The van der Waals surface area contributed by atoms with Gasteiger partial charge in [-0.3, -0.25) is 4.98 Å². The Morgan fingerprint density at radius 3 is 2.81 bits per heavy atom. The van der Waals surface area contributed by atoms with Gasteiger partial charge in [-0.15, -0.1) is 0 Å². The number of rotatable bonds is 2. The van der Waals surface area contributed by atoms with Crippen LogP contribution in [-0.2, 0) is 6.61 Å².